The lowest BCUT2D eigenvalue weighted by atomic mass is 9.81. The minimum atomic E-state index is -4.97. The highest BCUT2D eigenvalue weighted by molar-refractivity contribution is 5.92. The van der Waals surface area contributed by atoms with E-state index in [-0.39, 0.29) is 12.0 Å². The van der Waals surface area contributed by atoms with Gasteiger partial charge in [-0.1, -0.05) is 38.1 Å². The number of rotatable bonds is 14. The van der Waals surface area contributed by atoms with Gasteiger partial charge in [-0.25, -0.2) is 0 Å². The third kappa shape index (κ3) is 10.0. The van der Waals surface area contributed by atoms with Crippen LogP contribution in [0.3, 0.4) is 0 Å². The lowest BCUT2D eigenvalue weighted by Crippen LogP contribution is -2.54. The zero-order valence-corrected chi connectivity index (χ0v) is 23.6. The van der Waals surface area contributed by atoms with Crippen LogP contribution in [0.4, 0.5) is 22.0 Å². The average molecular weight is 613 g/mol. The Morgan fingerprint density at radius 2 is 1.70 bits per heavy atom. The molecule has 0 radical (unpaired) electrons. The van der Waals surface area contributed by atoms with Gasteiger partial charge in [0.25, 0.3) is 5.91 Å². The molecule has 0 spiro atoms. The van der Waals surface area contributed by atoms with Crippen molar-refractivity contribution in [3.8, 4) is 11.8 Å². The number of nitriles is 1. The largest absolute Gasteiger partial charge is 0.497 e. The molecule has 2 aromatic rings. The second kappa shape index (κ2) is 14.9. The molecule has 234 valence electrons. The van der Waals surface area contributed by atoms with Crippen molar-refractivity contribution >= 4 is 17.6 Å². The van der Waals surface area contributed by atoms with Crippen molar-refractivity contribution in [1.29, 1.82) is 5.26 Å². The predicted molar refractivity (Wildman–Crippen MR) is 145 cm³/mol. The number of hydrogen-bond donors (Lipinski definition) is 4. The molecule has 2 rings (SSSR count). The highest BCUT2D eigenvalue weighted by Crippen LogP contribution is 2.33. The Labute approximate surface area is 245 Å². The minimum Gasteiger partial charge on any atom is -0.497 e. The number of methoxy groups -OCH3 is 1. The second-order valence-corrected chi connectivity index (χ2v) is 10.3. The fraction of sp³-hybridized carbons (Fsp3) is 0.448. The van der Waals surface area contributed by atoms with Crippen LogP contribution < -0.4 is 21.1 Å². The predicted octanol–water partition coefficient (Wildman–Crippen LogP) is 3.20. The third-order valence-electron chi connectivity index (χ3n) is 6.73. The molecule has 0 aliphatic heterocycles. The molecular formula is C29H33F5N4O5. The zero-order valence-electron chi connectivity index (χ0n) is 23.6. The van der Waals surface area contributed by atoms with E-state index in [1.165, 1.54) is 45.2 Å². The zero-order chi connectivity index (χ0) is 32.5. The van der Waals surface area contributed by atoms with Gasteiger partial charge in [-0.05, 0) is 47.7 Å². The van der Waals surface area contributed by atoms with Crippen LogP contribution in [-0.2, 0) is 20.8 Å². The fourth-order valence-electron chi connectivity index (χ4n) is 4.27. The van der Waals surface area contributed by atoms with E-state index in [4.69, 9.17) is 15.7 Å². The molecule has 5 N–H and O–H groups in total. The summed E-state index contributed by atoms with van der Waals surface area (Å²) in [5.74, 6) is -10.7. The maximum absolute atomic E-state index is 14.8. The summed E-state index contributed by atoms with van der Waals surface area (Å²) >= 11 is 0. The number of Topliss-reactive ketones (excluding diaryl/α,β-unsaturated/α-hetero) is 1. The highest BCUT2D eigenvalue weighted by Gasteiger charge is 2.51. The number of carbonyl (C=O) groups is 3. The van der Waals surface area contributed by atoms with Gasteiger partial charge in [-0.15, -0.1) is 0 Å². The van der Waals surface area contributed by atoms with E-state index in [0.717, 1.165) is 5.32 Å². The Morgan fingerprint density at radius 1 is 1.07 bits per heavy atom. The van der Waals surface area contributed by atoms with E-state index in [2.05, 4.69) is 5.32 Å². The Kier molecular flexibility index (Phi) is 12.2. The number of alkyl halides is 5. The fourth-order valence-corrected chi connectivity index (χ4v) is 4.27. The van der Waals surface area contributed by atoms with Gasteiger partial charge in [-0.3, -0.25) is 14.4 Å². The summed E-state index contributed by atoms with van der Waals surface area (Å²) in [6.45, 7) is 0.736. The van der Waals surface area contributed by atoms with Crippen molar-refractivity contribution in [3.05, 3.63) is 65.2 Å². The molecule has 2 amide bonds. The van der Waals surface area contributed by atoms with Gasteiger partial charge < -0.3 is 26.2 Å². The lowest BCUT2D eigenvalue weighted by molar-refractivity contribution is -0.178. The average Bonchev–Trinajstić information content (AvgIpc) is 2.96. The van der Waals surface area contributed by atoms with Crippen molar-refractivity contribution in [2.75, 3.05) is 13.7 Å². The Balaban J connectivity index is 2.31. The Bertz CT molecular complexity index is 1310. The van der Waals surface area contributed by atoms with Crippen LogP contribution in [0.25, 0.3) is 0 Å². The molecular weight excluding hydrogens is 579 g/mol. The number of ketones is 1. The maximum atomic E-state index is 14.8. The minimum absolute atomic E-state index is 0.00251. The molecule has 9 nitrogen and oxygen atoms in total. The summed E-state index contributed by atoms with van der Waals surface area (Å²) in [4.78, 5) is 38.5. The van der Waals surface area contributed by atoms with Gasteiger partial charge in [-0.2, -0.15) is 27.2 Å². The summed E-state index contributed by atoms with van der Waals surface area (Å²) in [5.41, 5.74) is 7.21. The quantitative estimate of drug-likeness (QED) is 0.239. The summed E-state index contributed by atoms with van der Waals surface area (Å²) < 4.78 is 72.0. The van der Waals surface area contributed by atoms with Gasteiger partial charge in [0, 0.05) is 12.3 Å². The Morgan fingerprint density at radius 3 is 2.23 bits per heavy atom. The molecule has 0 aliphatic carbocycles. The summed E-state index contributed by atoms with van der Waals surface area (Å²) in [7, 11) is 1.40. The van der Waals surface area contributed by atoms with Crippen LogP contribution in [0.1, 0.15) is 43.0 Å². The van der Waals surface area contributed by atoms with E-state index >= 15 is 0 Å². The van der Waals surface area contributed by atoms with Crippen molar-refractivity contribution in [2.45, 2.75) is 57.0 Å². The number of aliphatic hydroxyl groups excluding tert-OH is 1. The number of nitrogens with zero attached hydrogens (tertiary/aromatic N) is 1. The summed E-state index contributed by atoms with van der Waals surface area (Å²) in [6, 6.07) is 11.6. The molecule has 0 fully saturated rings. The highest BCUT2D eigenvalue weighted by atomic mass is 19.4. The van der Waals surface area contributed by atoms with Crippen LogP contribution in [0, 0.1) is 23.2 Å². The number of nitrogens with two attached hydrogens (primary N) is 1. The Hall–Kier alpha value is -4.09. The van der Waals surface area contributed by atoms with Gasteiger partial charge in [0.2, 0.25) is 5.91 Å². The maximum Gasteiger partial charge on any atom is 0.405 e. The number of nitrogens with one attached hydrogen (secondary N) is 2. The number of amides is 2. The first-order chi connectivity index (χ1) is 20.0. The van der Waals surface area contributed by atoms with E-state index in [0.29, 0.717) is 16.9 Å². The third-order valence-corrected chi connectivity index (χ3v) is 6.73. The molecule has 0 saturated heterocycles. The van der Waals surface area contributed by atoms with Crippen LogP contribution >= 0.6 is 0 Å². The van der Waals surface area contributed by atoms with E-state index in [1.54, 1.807) is 24.3 Å². The van der Waals surface area contributed by atoms with E-state index in [1.807, 2.05) is 6.07 Å². The number of halogens is 5. The molecule has 0 aromatic heterocycles. The van der Waals surface area contributed by atoms with Crippen LogP contribution in [0.15, 0.2) is 48.5 Å². The summed E-state index contributed by atoms with van der Waals surface area (Å²) in [6.07, 6.45) is -8.58. The molecule has 4 atom stereocenters. The van der Waals surface area contributed by atoms with Gasteiger partial charge in [0.15, 0.2) is 5.78 Å². The first kappa shape index (κ1) is 35.1. The molecule has 0 unspecified atom stereocenters. The van der Waals surface area contributed by atoms with Crippen LogP contribution in [0.5, 0.6) is 5.75 Å². The molecule has 0 aliphatic rings. The van der Waals surface area contributed by atoms with Gasteiger partial charge >= 0.3 is 12.1 Å². The van der Waals surface area contributed by atoms with E-state index < -0.39 is 72.7 Å². The normalized spacial score (nSPS) is 14.7. The van der Waals surface area contributed by atoms with Gasteiger partial charge in [0.05, 0.1) is 24.8 Å². The van der Waals surface area contributed by atoms with Gasteiger partial charge in [0.1, 0.15) is 24.4 Å². The topological polar surface area (TPSA) is 155 Å². The SMILES string of the molecule is COc1ccc([C@H](NC(=O)[C@@H](N)Cc2cccc(C#N)c2)C(=O)C[C@@H](C(C)C)[C@@H](O)C(F)(F)C(=O)NCC(F)(F)F)cc1. The molecule has 0 bridgehead atoms. The van der Waals surface area contributed by atoms with Crippen molar-refractivity contribution < 1.29 is 46.2 Å². The number of aliphatic hydroxyl groups is 1. The van der Waals surface area contributed by atoms with Crippen molar-refractivity contribution in [1.82, 2.24) is 10.6 Å². The number of carbonyl (C=O) groups excluding carboxylic acids is 3. The first-order valence-electron chi connectivity index (χ1n) is 13.1. The van der Waals surface area contributed by atoms with Crippen molar-refractivity contribution in [2.24, 2.45) is 17.6 Å². The van der Waals surface area contributed by atoms with E-state index in [9.17, 15) is 41.4 Å². The number of benzene rings is 2. The van der Waals surface area contributed by atoms with Crippen LogP contribution in [-0.4, -0.2) is 60.6 Å². The molecule has 2 aromatic carbocycles. The monoisotopic (exact) mass is 612 g/mol. The smallest absolute Gasteiger partial charge is 0.405 e. The first-order valence-corrected chi connectivity index (χ1v) is 13.1. The summed E-state index contributed by atoms with van der Waals surface area (Å²) in [5, 5.41) is 23.1. The second-order valence-electron chi connectivity index (χ2n) is 10.3. The number of ether oxygens (including phenoxy) is 1. The lowest BCUT2D eigenvalue weighted by Gasteiger charge is -2.32. The standard InChI is InChI=1S/C29H33F5N4O5/c1-16(2)21(25(40)29(33,34)27(42)37-15-28(30,31)32)13-23(39)24(19-7-9-20(43-3)10-8-19)38-26(41)22(36)12-17-5-4-6-18(11-17)14-35/h4-11,16,21-22,24-25,40H,12-13,15,36H2,1-3H3,(H,37,42)(H,38,41)/t21-,22-,24-,25+/m0/s1. The molecule has 14 heteroatoms. The van der Waals surface area contributed by atoms with Crippen molar-refractivity contribution in [3.63, 3.8) is 0 Å². The number of hydrogen-bond acceptors (Lipinski definition) is 7. The van der Waals surface area contributed by atoms with Crippen LogP contribution in [0.2, 0.25) is 0 Å². The molecule has 0 saturated carbocycles. The molecule has 0 heterocycles. The molecule has 43 heavy (non-hydrogen) atoms.